The lowest BCUT2D eigenvalue weighted by Crippen LogP contribution is -2.47. The van der Waals surface area contributed by atoms with E-state index in [1.165, 1.54) is 0 Å². The second-order valence-corrected chi connectivity index (χ2v) is 5.87. The number of amidine groups is 1. The number of aliphatic imine (C=N–C) groups is 1. The SMILES string of the molecule is O[C@@]1(c2ccc(Cl)cc2)c2ccccc2C2=NCCCN21. The first kappa shape index (κ1) is 12.9. The van der Waals surface area contributed by atoms with E-state index >= 15 is 0 Å². The van der Waals surface area contributed by atoms with Gasteiger partial charge in [0.25, 0.3) is 0 Å². The van der Waals surface area contributed by atoms with Gasteiger partial charge in [0, 0.05) is 34.8 Å². The summed E-state index contributed by atoms with van der Waals surface area (Å²) in [6.07, 6.45) is 0.952. The van der Waals surface area contributed by atoms with Crippen LogP contribution in [-0.4, -0.2) is 28.9 Å². The lowest BCUT2D eigenvalue weighted by molar-refractivity contribution is -0.0317. The number of benzene rings is 2. The Bertz CT molecular complexity index is 726. The molecule has 1 atom stereocenters. The summed E-state index contributed by atoms with van der Waals surface area (Å²) in [6, 6.07) is 15.4. The van der Waals surface area contributed by atoms with Crippen molar-refractivity contribution in [2.24, 2.45) is 4.99 Å². The lowest BCUT2D eigenvalue weighted by Gasteiger charge is -2.37. The fraction of sp³-hybridized carbons (Fsp3) is 0.235. The molecule has 4 heteroatoms. The molecule has 1 N–H and O–H groups in total. The summed E-state index contributed by atoms with van der Waals surface area (Å²) in [5, 5.41) is 12.2. The Morgan fingerprint density at radius 1 is 1.10 bits per heavy atom. The van der Waals surface area contributed by atoms with E-state index in [-0.39, 0.29) is 0 Å². The number of rotatable bonds is 1. The molecular formula is C17H15ClN2O. The largest absolute Gasteiger partial charge is 0.363 e. The number of aliphatic hydroxyl groups is 1. The van der Waals surface area contributed by atoms with Crippen molar-refractivity contribution in [3.05, 3.63) is 70.2 Å². The highest BCUT2D eigenvalue weighted by atomic mass is 35.5. The number of fused-ring (bicyclic) bond motifs is 3. The second-order valence-electron chi connectivity index (χ2n) is 5.44. The summed E-state index contributed by atoms with van der Waals surface area (Å²) in [5.74, 6) is 0.898. The predicted molar refractivity (Wildman–Crippen MR) is 83.6 cm³/mol. The maximum atomic E-state index is 11.5. The molecular weight excluding hydrogens is 284 g/mol. The molecule has 0 radical (unpaired) electrons. The van der Waals surface area contributed by atoms with Crippen molar-refractivity contribution >= 4 is 17.4 Å². The van der Waals surface area contributed by atoms with E-state index < -0.39 is 5.72 Å². The Kier molecular flexibility index (Phi) is 2.81. The second kappa shape index (κ2) is 4.58. The molecule has 4 rings (SSSR count). The standard InChI is InChI=1S/C17H15ClN2O/c18-13-8-6-12(7-9-13)17(21)15-5-2-1-4-14(15)16-19-10-3-11-20(16)17/h1-2,4-9,21H,3,10-11H2/t17-/m0/s1. The number of nitrogens with zero attached hydrogens (tertiary/aromatic N) is 2. The van der Waals surface area contributed by atoms with Crippen molar-refractivity contribution in [3.8, 4) is 0 Å². The fourth-order valence-corrected chi connectivity index (χ4v) is 3.40. The normalized spacial score (nSPS) is 23.5. The van der Waals surface area contributed by atoms with Crippen LogP contribution in [0, 0.1) is 0 Å². The Morgan fingerprint density at radius 3 is 2.67 bits per heavy atom. The van der Waals surface area contributed by atoms with Crippen molar-refractivity contribution in [2.75, 3.05) is 13.1 Å². The van der Waals surface area contributed by atoms with Crippen LogP contribution in [0.2, 0.25) is 5.02 Å². The van der Waals surface area contributed by atoms with Gasteiger partial charge >= 0.3 is 0 Å². The predicted octanol–water partition coefficient (Wildman–Crippen LogP) is 3.00. The Balaban J connectivity index is 1.96. The summed E-state index contributed by atoms with van der Waals surface area (Å²) in [6.45, 7) is 1.61. The average Bonchev–Trinajstić information content (AvgIpc) is 2.80. The fourth-order valence-electron chi connectivity index (χ4n) is 3.27. The molecule has 2 aliphatic rings. The number of halogens is 1. The Labute approximate surface area is 128 Å². The van der Waals surface area contributed by atoms with E-state index in [0.717, 1.165) is 42.0 Å². The molecule has 2 aromatic rings. The van der Waals surface area contributed by atoms with Gasteiger partial charge in [-0.2, -0.15) is 0 Å². The molecule has 0 unspecified atom stereocenters. The van der Waals surface area contributed by atoms with Crippen molar-refractivity contribution in [1.82, 2.24) is 4.90 Å². The zero-order chi connectivity index (χ0) is 14.4. The van der Waals surface area contributed by atoms with Gasteiger partial charge in [0.15, 0.2) is 5.72 Å². The van der Waals surface area contributed by atoms with Gasteiger partial charge in [0.2, 0.25) is 0 Å². The van der Waals surface area contributed by atoms with Gasteiger partial charge in [-0.05, 0) is 18.6 Å². The van der Waals surface area contributed by atoms with Crippen LogP contribution in [-0.2, 0) is 5.72 Å². The minimum absolute atomic E-state index is 0.668. The first-order chi connectivity index (χ1) is 10.2. The monoisotopic (exact) mass is 298 g/mol. The van der Waals surface area contributed by atoms with E-state index in [4.69, 9.17) is 11.6 Å². The van der Waals surface area contributed by atoms with Crippen molar-refractivity contribution < 1.29 is 5.11 Å². The van der Waals surface area contributed by atoms with E-state index in [1.54, 1.807) is 0 Å². The molecule has 0 spiro atoms. The van der Waals surface area contributed by atoms with Gasteiger partial charge in [0.1, 0.15) is 5.84 Å². The smallest absolute Gasteiger partial charge is 0.193 e. The summed E-state index contributed by atoms with van der Waals surface area (Å²) >= 11 is 5.98. The topological polar surface area (TPSA) is 35.8 Å². The first-order valence-electron chi connectivity index (χ1n) is 7.11. The summed E-state index contributed by atoms with van der Waals surface area (Å²) in [5.41, 5.74) is 1.59. The summed E-state index contributed by atoms with van der Waals surface area (Å²) in [7, 11) is 0. The Morgan fingerprint density at radius 2 is 1.86 bits per heavy atom. The quantitative estimate of drug-likeness (QED) is 0.878. The van der Waals surface area contributed by atoms with E-state index in [0.29, 0.717) is 5.02 Å². The van der Waals surface area contributed by atoms with Gasteiger partial charge in [-0.25, -0.2) is 0 Å². The maximum Gasteiger partial charge on any atom is 0.193 e. The van der Waals surface area contributed by atoms with Crippen molar-refractivity contribution in [3.63, 3.8) is 0 Å². The van der Waals surface area contributed by atoms with Crippen LogP contribution in [0.25, 0.3) is 0 Å². The number of hydrogen-bond acceptors (Lipinski definition) is 3. The minimum atomic E-state index is -1.15. The molecule has 2 aromatic carbocycles. The third-order valence-electron chi connectivity index (χ3n) is 4.24. The van der Waals surface area contributed by atoms with Gasteiger partial charge in [-0.1, -0.05) is 48.0 Å². The highest BCUT2D eigenvalue weighted by molar-refractivity contribution is 6.30. The van der Waals surface area contributed by atoms with E-state index in [1.807, 2.05) is 53.4 Å². The van der Waals surface area contributed by atoms with Crippen LogP contribution in [0.5, 0.6) is 0 Å². The minimum Gasteiger partial charge on any atom is -0.363 e. The molecule has 0 bridgehead atoms. The third kappa shape index (κ3) is 1.74. The van der Waals surface area contributed by atoms with Gasteiger partial charge in [-0.15, -0.1) is 0 Å². The van der Waals surface area contributed by atoms with Gasteiger partial charge in [-0.3, -0.25) is 4.99 Å². The zero-order valence-electron chi connectivity index (χ0n) is 11.5. The first-order valence-corrected chi connectivity index (χ1v) is 7.49. The average molecular weight is 299 g/mol. The lowest BCUT2D eigenvalue weighted by atomic mass is 9.94. The van der Waals surface area contributed by atoms with Crippen LogP contribution in [0.3, 0.4) is 0 Å². The zero-order valence-corrected chi connectivity index (χ0v) is 12.2. The van der Waals surface area contributed by atoms with E-state index in [2.05, 4.69) is 4.99 Å². The molecule has 2 heterocycles. The van der Waals surface area contributed by atoms with Crippen LogP contribution >= 0.6 is 11.6 Å². The number of hydrogen-bond donors (Lipinski definition) is 1. The van der Waals surface area contributed by atoms with Gasteiger partial charge in [0.05, 0.1) is 0 Å². The molecule has 0 aromatic heterocycles. The molecule has 0 fully saturated rings. The molecule has 3 nitrogen and oxygen atoms in total. The van der Waals surface area contributed by atoms with Crippen LogP contribution in [0.1, 0.15) is 23.1 Å². The van der Waals surface area contributed by atoms with Crippen LogP contribution < -0.4 is 0 Å². The Hall–Kier alpha value is -1.84. The summed E-state index contributed by atoms with van der Waals surface area (Å²) < 4.78 is 0. The molecule has 21 heavy (non-hydrogen) atoms. The highest BCUT2D eigenvalue weighted by Crippen LogP contribution is 2.43. The maximum absolute atomic E-state index is 11.5. The third-order valence-corrected chi connectivity index (χ3v) is 4.49. The molecule has 0 aliphatic carbocycles. The van der Waals surface area contributed by atoms with Crippen molar-refractivity contribution in [2.45, 2.75) is 12.1 Å². The van der Waals surface area contributed by atoms with Crippen molar-refractivity contribution in [1.29, 1.82) is 0 Å². The van der Waals surface area contributed by atoms with Gasteiger partial charge < -0.3 is 10.0 Å². The molecule has 0 saturated carbocycles. The van der Waals surface area contributed by atoms with Crippen LogP contribution in [0.15, 0.2) is 53.5 Å². The molecule has 0 saturated heterocycles. The summed E-state index contributed by atoms with van der Waals surface area (Å²) in [4.78, 5) is 6.63. The molecule has 2 aliphatic heterocycles. The highest BCUT2D eigenvalue weighted by Gasteiger charge is 2.48. The molecule has 106 valence electrons. The van der Waals surface area contributed by atoms with E-state index in [9.17, 15) is 5.11 Å². The molecule has 0 amide bonds. The van der Waals surface area contributed by atoms with Crippen LogP contribution in [0.4, 0.5) is 0 Å².